The molecule has 0 saturated heterocycles. The van der Waals surface area contributed by atoms with Crippen LogP contribution in [0.3, 0.4) is 0 Å². The van der Waals surface area contributed by atoms with E-state index in [-0.39, 0.29) is 0 Å². The number of pyridine rings is 1. The third-order valence-corrected chi connectivity index (χ3v) is 3.93. The summed E-state index contributed by atoms with van der Waals surface area (Å²) in [5.74, 6) is 0. The first-order chi connectivity index (χ1) is 7.68. The third-order valence-electron chi connectivity index (χ3n) is 3.46. The number of hydrogen-bond donors (Lipinski definition) is 1. The smallest absolute Gasteiger partial charge is 0.0542 e. The molecule has 2 rings (SSSR count). The molecule has 1 aliphatic rings. The highest BCUT2D eigenvalue weighted by Gasteiger charge is 2.27. The SMILES string of the molecule is CC1(CNCc2ccc(Br)cn2)CCCC1. The summed E-state index contributed by atoms with van der Waals surface area (Å²) < 4.78 is 1.04. The Balaban J connectivity index is 1.77. The highest BCUT2D eigenvalue weighted by molar-refractivity contribution is 9.10. The van der Waals surface area contributed by atoms with Crippen LogP contribution in [-0.2, 0) is 6.54 Å². The van der Waals surface area contributed by atoms with Gasteiger partial charge < -0.3 is 5.32 Å². The molecule has 16 heavy (non-hydrogen) atoms. The van der Waals surface area contributed by atoms with Gasteiger partial charge in [-0.15, -0.1) is 0 Å². The summed E-state index contributed by atoms with van der Waals surface area (Å²) >= 11 is 3.39. The zero-order valence-electron chi connectivity index (χ0n) is 9.80. The van der Waals surface area contributed by atoms with Crippen LogP contribution in [0.5, 0.6) is 0 Å². The summed E-state index contributed by atoms with van der Waals surface area (Å²) in [6.45, 7) is 4.38. The molecule has 0 aromatic carbocycles. The van der Waals surface area contributed by atoms with Gasteiger partial charge in [0.2, 0.25) is 0 Å². The van der Waals surface area contributed by atoms with Gasteiger partial charge >= 0.3 is 0 Å². The molecule has 1 saturated carbocycles. The lowest BCUT2D eigenvalue weighted by Gasteiger charge is -2.23. The minimum absolute atomic E-state index is 0.523. The second kappa shape index (κ2) is 5.28. The Labute approximate surface area is 106 Å². The van der Waals surface area contributed by atoms with Crippen LogP contribution in [0, 0.1) is 5.41 Å². The summed E-state index contributed by atoms with van der Waals surface area (Å²) in [5.41, 5.74) is 1.64. The van der Waals surface area contributed by atoms with E-state index in [1.807, 2.05) is 12.3 Å². The van der Waals surface area contributed by atoms with E-state index in [1.54, 1.807) is 0 Å². The summed E-state index contributed by atoms with van der Waals surface area (Å²) in [5, 5.41) is 3.53. The Morgan fingerprint density at radius 2 is 2.12 bits per heavy atom. The Bertz CT molecular complexity index is 328. The number of nitrogens with one attached hydrogen (secondary N) is 1. The molecule has 1 N–H and O–H groups in total. The van der Waals surface area contributed by atoms with Gasteiger partial charge in [0.25, 0.3) is 0 Å². The predicted octanol–water partition coefficient (Wildman–Crippen LogP) is 3.51. The van der Waals surface area contributed by atoms with Gasteiger partial charge in [-0.3, -0.25) is 4.98 Å². The summed E-state index contributed by atoms with van der Waals surface area (Å²) in [4.78, 5) is 4.36. The van der Waals surface area contributed by atoms with Crippen LogP contribution >= 0.6 is 15.9 Å². The first-order valence-corrected chi connectivity index (χ1v) is 6.78. The highest BCUT2D eigenvalue weighted by atomic mass is 79.9. The van der Waals surface area contributed by atoms with E-state index in [0.717, 1.165) is 23.3 Å². The molecular formula is C13H19BrN2. The third kappa shape index (κ3) is 3.29. The minimum Gasteiger partial charge on any atom is -0.311 e. The topological polar surface area (TPSA) is 24.9 Å². The Morgan fingerprint density at radius 1 is 1.38 bits per heavy atom. The average molecular weight is 283 g/mol. The molecule has 0 unspecified atom stereocenters. The molecule has 88 valence electrons. The van der Waals surface area contributed by atoms with E-state index in [1.165, 1.54) is 25.7 Å². The zero-order valence-corrected chi connectivity index (χ0v) is 11.4. The van der Waals surface area contributed by atoms with Crippen molar-refractivity contribution in [1.82, 2.24) is 10.3 Å². The van der Waals surface area contributed by atoms with Crippen molar-refractivity contribution >= 4 is 15.9 Å². The zero-order chi connectivity index (χ0) is 11.4. The van der Waals surface area contributed by atoms with Crippen LogP contribution in [0.25, 0.3) is 0 Å². The number of halogens is 1. The maximum absolute atomic E-state index is 4.36. The van der Waals surface area contributed by atoms with Crippen molar-refractivity contribution in [2.75, 3.05) is 6.54 Å². The Hall–Kier alpha value is -0.410. The van der Waals surface area contributed by atoms with E-state index >= 15 is 0 Å². The maximum Gasteiger partial charge on any atom is 0.0542 e. The minimum atomic E-state index is 0.523. The van der Waals surface area contributed by atoms with Gasteiger partial charge in [0.05, 0.1) is 5.69 Å². The van der Waals surface area contributed by atoms with E-state index < -0.39 is 0 Å². The lowest BCUT2D eigenvalue weighted by molar-refractivity contribution is 0.314. The van der Waals surface area contributed by atoms with Gasteiger partial charge in [-0.1, -0.05) is 19.8 Å². The number of aromatic nitrogens is 1. The number of rotatable bonds is 4. The Kier molecular flexibility index (Phi) is 3.98. The second-order valence-corrected chi connectivity index (χ2v) is 6.00. The first kappa shape index (κ1) is 12.1. The van der Waals surface area contributed by atoms with E-state index in [9.17, 15) is 0 Å². The largest absolute Gasteiger partial charge is 0.311 e. The molecule has 1 fully saturated rings. The molecule has 0 amide bonds. The van der Waals surface area contributed by atoms with Crippen molar-refractivity contribution in [3.63, 3.8) is 0 Å². The fourth-order valence-corrected chi connectivity index (χ4v) is 2.64. The number of hydrogen-bond acceptors (Lipinski definition) is 2. The molecule has 2 nitrogen and oxygen atoms in total. The first-order valence-electron chi connectivity index (χ1n) is 5.99. The van der Waals surface area contributed by atoms with Gasteiger partial charge in [0.1, 0.15) is 0 Å². The van der Waals surface area contributed by atoms with Gasteiger partial charge in [-0.05, 0) is 46.3 Å². The molecule has 0 spiro atoms. The van der Waals surface area contributed by atoms with E-state index in [4.69, 9.17) is 0 Å². The van der Waals surface area contributed by atoms with Crippen molar-refractivity contribution in [3.8, 4) is 0 Å². The van der Waals surface area contributed by atoms with Crippen molar-refractivity contribution in [1.29, 1.82) is 0 Å². The quantitative estimate of drug-likeness (QED) is 0.914. The monoisotopic (exact) mass is 282 g/mol. The molecule has 3 heteroatoms. The van der Waals surface area contributed by atoms with Crippen LogP contribution in [-0.4, -0.2) is 11.5 Å². The van der Waals surface area contributed by atoms with Crippen molar-refractivity contribution in [2.45, 2.75) is 39.2 Å². The molecular weight excluding hydrogens is 264 g/mol. The van der Waals surface area contributed by atoms with E-state index in [0.29, 0.717) is 5.41 Å². The van der Waals surface area contributed by atoms with Crippen LogP contribution in [0.1, 0.15) is 38.3 Å². The summed E-state index contributed by atoms with van der Waals surface area (Å²) in [6.07, 6.45) is 7.39. The normalized spacial score (nSPS) is 18.9. The lowest BCUT2D eigenvalue weighted by atomic mass is 9.89. The van der Waals surface area contributed by atoms with Gasteiger partial charge in [0, 0.05) is 23.8 Å². The van der Waals surface area contributed by atoms with Crippen LogP contribution in [0.2, 0.25) is 0 Å². The summed E-state index contributed by atoms with van der Waals surface area (Å²) in [6, 6.07) is 4.11. The molecule has 1 aliphatic carbocycles. The molecule has 1 aromatic rings. The molecule has 0 radical (unpaired) electrons. The van der Waals surface area contributed by atoms with Crippen LogP contribution < -0.4 is 5.32 Å². The maximum atomic E-state index is 4.36. The number of nitrogens with zero attached hydrogens (tertiary/aromatic N) is 1. The average Bonchev–Trinajstić information content (AvgIpc) is 2.69. The van der Waals surface area contributed by atoms with E-state index in [2.05, 4.69) is 39.2 Å². The lowest BCUT2D eigenvalue weighted by Crippen LogP contribution is -2.29. The van der Waals surface area contributed by atoms with Crippen LogP contribution in [0.15, 0.2) is 22.8 Å². The van der Waals surface area contributed by atoms with Gasteiger partial charge in [-0.25, -0.2) is 0 Å². The highest BCUT2D eigenvalue weighted by Crippen LogP contribution is 2.36. The fraction of sp³-hybridized carbons (Fsp3) is 0.615. The fourth-order valence-electron chi connectivity index (χ4n) is 2.41. The predicted molar refractivity (Wildman–Crippen MR) is 70.2 cm³/mol. The second-order valence-electron chi connectivity index (χ2n) is 5.09. The van der Waals surface area contributed by atoms with Gasteiger partial charge in [-0.2, -0.15) is 0 Å². The van der Waals surface area contributed by atoms with Crippen molar-refractivity contribution in [2.24, 2.45) is 5.41 Å². The molecule has 1 aromatic heterocycles. The molecule has 0 aliphatic heterocycles. The Morgan fingerprint density at radius 3 is 2.75 bits per heavy atom. The summed E-state index contributed by atoms with van der Waals surface area (Å²) in [7, 11) is 0. The van der Waals surface area contributed by atoms with Crippen molar-refractivity contribution in [3.05, 3.63) is 28.5 Å². The van der Waals surface area contributed by atoms with Gasteiger partial charge in [0.15, 0.2) is 0 Å². The standard InChI is InChI=1S/C13H19BrN2/c1-13(6-2-3-7-13)10-15-9-12-5-4-11(14)8-16-12/h4-5,8,15H,2-3,6-7,9-10H2,1H3. The van der Waals surface area contributed by atoms with Crippen molar-refractivity contribution < 1.29 is 0 Å². The molecule has 0 bridgehead atoms. The molecule has 0 atom stereocenters. The van der Waals surface area contributed by atoms with Crippen LogP contribution in [0.4, 0.5) is 0 Å². The molecule has 1 heterocycles.